The molecule has 0 atom stereocenters. The Morgan fingerprint density at radius 3 is 1.57 bits per heavy atom. The first-order valence-electron chi connectivity index (χ1n) is 2.62. The van der Waals surface area contributed by atoms with Gasteiger partial charge in [0.1, 0.15) is 0 Å². The lowest BCUT2D eigenvalue weighted by Gasteiger charge is -2.20. The molecule has 0 aliphatic carbocycles. The summed E-state index contributed by atoms with van der Waals surface area (Å²) in [5.41, 5.74) is 0. The zero-order chi connectivity index (χ0) is 11.8. The number of ether oxygens (including phenoxy) is 1. The van der Waals surface area contributed by atoms with Crippen molar-refractivity contribution in [1.29, 1.82) is 0 Å². The van der Waals surface area contributed by atoms with Crippen molar-refractivity contribution in [2.75, 3.05) is 0 Å². The highest BCUT2D eigenvalue weighted by molar-refractivity contribution is 6.22. The predicted molar refractivity (Wildman–Crippen MR) is 27.9 cm³/mol. The van der Waals surface area contributed by atoms with Crippen LogP contribution < -0.4 is 0 Å². The van der Waals surface area contributed by atoms with E-state index < -0.39 is 23.6 Å². The van der Waals surface area contributed by atoms with Crippen molar-refractivity contribution in [3.8, 4) is 0 Å². The minimum atomic E-state index is -5.80. The van der Waals surface area contributed by atoms with E-state index in [1.165, 1.54) is 0 Å². The Morgan fingerprint density at radius 2 is 1.36 bits per heavy atom. The lowest BCUT2D eigenvalue weighted by atomic mass is 10.6. The average molecular weight is 248 g/mol. The molecule has 0 fully saturated rings. The standard InChI is InChI=1S/C4ClF7O2/c5-3(9,10)4(11,12)14-1(13)2(6,7)8. The Labute approximate surface area is 76.6 Å². The summed E-state index contributed by atoms with van der Waals surface area (Å²) in [6, 6.07) is 0. The van der Waals surface area contributed by atoms with Gasteiger partial charge in [-0.25, -0.2) is 4.79 Å². The third-order valence-corrected chi connectivity index (χ3v) is 1.00. The molecule has 0 amide bonds. The van der Waals surface area contributed by atoms with Gasteiger partial charge in [0.25, 0.3) is 0 Å². The number of hydrogen-bond acceptors (Lipinski definition) is 2. The van der Waals surface area contributed by atoms with Crippen LogP contribution in [0.15, 0.2) is 0 Å². The first-order valence-corrected chi connectivity index (χ1v) is 3.00. The van der Waals surface area contributed by atoms with Gasteiger partial charge in [-0.3, -0.25) is 0 Å². The molecule has 0 unspecified atom stereocenters. The van der Waals surface area contributed by atoms with Crippen LogP contribution in [0.3, 0.4) is 0 Å². The van der Waals surface area contributed by atoms with Crippen LogP contribution in [-0.2, 0) is 9.53 Å². The molecule has 0 aliphatic heterocycles. The number of hydrogen-bond donors (Lipinski definition) is 0. The molecule has 0 aliphatic rings. The number of esters is 1. The van der Waals surface area contributed by atoms with Crippen LogP contribution in [0, 0.1) is 0 Å². The molecule has 2 nitrogen and oxygen atoms in total. The highest BCUT2D eigenvalue weighted by atomic mass is 35.5. The monoisotopic (exact) mass is 248 g/mol. The van der Waals surface area contributed by atoms with Crippen molar-refractivity contribution in [2.45, 2.75) is 17.7 Å². The molecular weight excluding hydrogens is 248 g/mol. The first-order chi connectivity index (χ1) is 5.88. The smallest absolute Gasteiger partial charge is 0.388 e. The van der Waals surface area contributed by atoms with Crippen molar-refractivity contribution in [2.24, 2.45) is 0 Å². The van der Waals surface area contributed by atoms with E-state index in [9.17, 15) is 35.5 Å². The molecule has 0 spiro atoms. The molecule has 14 heavy (non-hydrogen) atoms. The molecule has 0 saturated heterocycles. The maximum absolute atomic E-state index is 11.9. The maximum atomic E-state index is 11.9. The van der Waals surface area contributed by atoms with Gasteiger partial charge >= 0.3 is 23.6 Å². The largest absolute Gasteiger partial charge is 0.491 e. The highest BCUT2D eigenvalue weighted by Crippen LogP contribution is 2.39. The fraction of sp³-hybridized carbons (Fsp3) is 0.750. The van der Waals surface area contributed by atoms with Gasteiger partial charge in [0.05, 0.1) is 0 Å². The molecule has 0 aromatic rings. The van der Waals surface area contributed by atoms with Crippen LogP contribution in [0.2, 0.25) is 0 Å². The van der Waals surface area contributed by atoms with Crippen molar-refractivity contribution < 1.29 is 40.3 Å². The van der Waals surface area contributed by atoms with Gasteiger partial charge in [0.15, 0.2) is 0 Å². The van der Waals surface area contributed by atoms with Crippen LogP contribution in [0.4, 0.5) is 30.7 Å². The van der Waals surface area contributed by atoms with E-state index in [-0.39, 0.29) is 0 Å². The third-order valence-electron chi connectivity index (χ3n) is 0.782. The summed E-state index contributed by atoms with van der Waals surface area (Å²) in [6.07, 6.45) is -11.5. The SMILES string of the molecule is O=C(OC(F)(F)C(F)(F)Cl)C(F)(F)F. The van der Waals surface area contributed by atoms with Crippen LogP contribution in [0.5, 0.6) is 0 Å². The minimum absolute atomic E-state index is 2.19. The van der Waals surface area contributed by atoms with Crippen LogP contribution in [-0.4, -0.2) is 23.6 Å². The number of halogens is 8. The fourth-order valence-corrected chi connectivity index (χ4v) is 0.271. The summed E-state index contributed by atoms with van der Waals surface area (Å²) in [6.45, 7) is 0. The summed E-state index contributed by atoms with van der Waals surface area (Å²) in [4.78, 5) is 9.71. The molecule has 0 rings (SSSR count). The van der Waals surface area contributed by atoms with E-state index in [2.05, 4.69) is 16.3 Å². The Kier molecular flexibility index (Phi) is 3.27. The summed E-state index contributed by atoms with van der Waals surface area (Å²) < 4.78 is 83.0. The van der Waals surface area contributed by atoms with Gasteiger partial charge in [-0.05, 0) is 11.6 Å². The summed E-state index contributed by atoms with van der Waals surface area (Å²) in [5.74, 6) is -3.46. The molecular formula is C4ClF7O2. The molecule has 0 aromatic heterocycles. The topological polar surface area (TPSA) is 26.3 Å². The first kappa shape index (κ1) is 13.3. The van der Waals surface area contributed by atoms with Crippen LogP contribution >= 0.6 is 11.6 Å². The second kappa shape index (κ2) is 3.44. The van der Waals surface area contributed by atoms with Crippen molar-refractivity contribution in [3.63, 3.8) is 0 Å². The second-order valence-electron chi connectivity index (χ2n) is 1.90. The molecule has 0 aromatic carbocycles. The van der Waals surface area contributed by atoms with E-state index in [0.29, 0.717) is 0 Å². The van der Waals surface area contributed by atoms with Crippen LogP contribution in [0.25, 0.3) is 0 Å². The van der Waals surface area contributed by atoms with Gasteiger partial charge < -0.3 is 4.74 Å². The molecule has 0 radical (unpaired) electrons. The van der Waals surface area contributed by atoms with Crippen molar-refractivity contribution in [1.82, 2.24) is 0 Å². The van der Waals surface area contributed by atoms with Gasteiger partial charge in [0.2, 0.25) is 0 Å². The van der Waals surface area contributed by atoms with E-state index in [0.717, 1.165) is 0 Å². The van der Waals surface area contributed by atoms with E-state index in [1.807, 2.05) is 0 Å². The van der Waals surface area contributed by atoms with Gasteiger partial charge in [-0.2, -0.15) is 30.7 Å². The van der Waals surface area contributed by atoms with Crippen molar-refractivity contribution >= 4 is 17.6 Å². The fourth-order valence-electron chi connectivity index (χ4n) is 0.232. The number of carbonyl (C=O) groups excluding carboxylic acids is 1. The molecule has 0 bridgehead atoms. The van der Waals surface area contributed by atoms with Crippen molar-refractivity contribution in [3.05, 3.63) is 0 Å². The lowest BCUT2D eigenvalue weighted by molar-refractivity contribution is -0.316. The lowest BCUT2D eigenvalue weighted by Crippen LogP contribution is -2.43. The molecule has 0 saturated carbocycles. The van der Waals surface area contributed by atoms with E-state index in [1.54, 1.807) is 0 Å². The quantitative estimate of drug-likeness (QED) is 0.426. The zero-order valence-corrected chi connectivity index (χ0v) is 6.60. The molecule has 84 valence electrons. The number of alkyl halides is 8. The molecule has 0 N–H and O–H groups in total. The zero-order valence-electron chi connectivity index (χ0n) is 5.84. The Bertz CT molecular complexity index is 229. The van der Waals surface area contributed by atoms with Gasteiger partial charge in [-0.1, -0.05) is 0 Å². The highest BCUT2D eigenvalue weighted by Gasteiger charge is 2.62. The van der Waals surface area contributed by atoms with E-state index in [4.69, 9.17) is 0 Å². The number of carbonyl (C=O) groups is 1. The predicted octanol–water partition coefficient (Wildman–Crippen LogP) is 2.52. The summed E-state index contributed by atoms with van der Waals surface area (Å²) >= 11 is 3.69. The molecule has 10 heteroatoms. The Hall–Kier alpha value is -0.730. The van der Waals surface area contributed by atoms with Gasteiger partial charge in [-0.15, -0.1) is 0 Å². The normalized spacial score (nSPS) is 14.0. The summed E-state index contributed by atoms with van der Waals surface area (Å²) in [7, 11) is 0. The summed E-state index contributed by atoms with van der Waals surface area (Å²) in [5, 5.41) is -5.41. The Morgan fingerprint density at radius 1 is 1.00 bits per heavy atom. The van der Waals surface area contributed by atoms with Crippen LogP contribution in [0.1, 0.15) is 0 Å². The minimum Gasteiger partial charge on any atom is -0.388 e. The number of rotatable bonds is 2. The Balaban J connectivity index is 4.62. The second-order valence-corrected chi connectivity index (χ2v) is 2.38. The maximum Gasteiger partial charge on any atom is 0.491 e. The van der Waals surface area contributed by atoms with E-state index >= 15 is 0 Å². The average Bonchev–Trinajstić information content (AvgIpc) is 1.80. The third kappa shape index (κ3) is 3.20. The molecule has 0 heterocycles. The van der Waals surface area contributed by atoms with Gasteiger partial charge in [0, 0.05) is 0 Å².